The Kier molecular flexibility index (Phi) is 6.28. The number of sulfonamides is 1. The summed E-state index contributed by atoms with van der Waals surface area (Å²) in [4.78, 5) is 14.6. The number of hydrogen-bond acceptors (Lipinski definition) is 6. The lowest BCUT2D eigenvalue weighted by Crippen LogP contribution is -2.56. The van der Waals surface area contributed by atoms with E-state index in [9.17, 15) is 21.6 Å². The number of hydrogen-bond donors (Lipinski definition) is 0. The van der Waals surface area contributed by atoms with E-state index in [4.69, 9.17) is 4.74 Å². The van der Waals surface area contributed by atoms with Crippen molar-refractivity contribution in [2.45, 2.75) is 34.3 Å². The fraction of sp³-hybridized carbons (Fsp3) is 0.409. The first kappa shape index (κ1) is 22.8. The van der Waals surface area contributed by atoms with Crippen LogP contribution in [0, 0.1) is 0 Å². The SMILES string of the molecule is COc1ccc(S(=O)(=O)C2CN(C(=O)c3ccc(S(=O)(=O)N4CCCCC4)cc3)C2)cc1. The molecule has 0 atom stereocenters. The van der Waals surface area contributed by atoms with E-state index in [2.05, 4.69) is 0 Å². The number of benzene rings is 2. The quantitative estimate of drug-likeness (QED) is 0.631. The molecule has 0 bridgehead atoms. The summed E-state index contributed by atoms with van der Waals surface area (Å²) in [5.41, 5.74) is 0.336. The van der Waals surface area contributed by atoms with Gasteiger partial charge in [0.25, 0.3) is 5.91 Å². The Balaban J connectivity index is 1.40. The largest absolute Gasteiger partial charge is 0.497 e. The fourth-order valence-corrected chi connectivity index (χ4v) is 7.13. The maximum Gasteiger partial charge on any atom is 0.253 e. The second-order valence-electron chi connectivity index (χ2n) is 8.04. The zero-order valence-corrected chi connectivity index (χ0v) is 19.4. The monoisotopic (exact) mass is 478 g/mol. The maximum atomic E-state index is 12.8. The van der Waals surface area contributed by atoms with Crippen molar-refractivity contribution >= 4 is 25.8 Å². The first-order valence-corrected chi connectivity index (χ1v) is 13.5. The molecule has 0 spiro atoms. The average molecular weight is 479 g/mol. The van der Waals surface area contributed by atoms with E-state index in [0.29, 0.717) is 24.4 Å². The zero-order valence-electron chi connectivity index (χ0n) is 17.8. The van der Waals surface area contributed by atoms with E-state index in [1.165, 1.54) is 52.7 Å². The van der Waals surface area contributed by atoms with Gasteiger partial charge in [-0.25, -0.2) is 16.8 Å². The lowest BCUT2D eigenvalue weighted by Gasteiger charge is -2.38. The summed E-state index contributed by atoms with van der Waals surface area (Å²) in [6.45, 7) is 1.23. The minimum absolute atomic E-state index is 0.0982. The zero-order chi connectivity index (χ0) is 22.9. The predicted octanol–water partition coefficient (Wildman–Crippen LogP) is 2.17. The number of carbonyl (C=O) groups is 1. The number of sulfone groups is 1. The molecule has 0 radical (unpaired) electrons. The van der Waals surface area contributed by atoms with Crippen molar-refractivity contribution in [2.75, 3.05) is 33.3 Å². The van der Waals surface area contributed by atoms with Crippen molar-refractivity contribution in [2.24, 2.45) is 0 Å². The van der Waals surface area contributed by atoms with E-state index in [1.807, 2.05) is 0 Å². The molecule has 0 saturated carbocycles. The lowest BCUT2D eigenvalue weighted by atomic mass is 10.1. The number of nitrogens with zero attached hydrogens (tertiary/aromatic N) is 2. The summed E-state index contributed by atoms with van der Waals surface area (Å²) in [5, 5.41) is -0.668. The highest BCUT2D eigenvalue weighted by molar-refractivity contribution is 7.92. The van der Waals surface area contributed by atoms with Gasteiger partial charge in [-0.15, -0.1) is 0 Å². The number of rotatable bonds is 6. The molecule has 2 aromatic carbocycles. The summed E-state index contributed by atoms with van der Waals surface area (Å²) in [5.74, 6) is 0.258. The van der Waals surface area contributed by atoms with E-state index in [0.717, 1.165) is 19.3 Å². The van der Waals surface area contributed by atoms with Gasteiger partial charge in [0.2, 0.25) is 10.0 Å². The average Bonchev–Trinajstić information content (AvgIpc) is 2.78. The molecule has 0 N–H and O–H groups in total. The number of carbonyl (C=O) groups excluding carboxylic acids is 1. The van der Waals surface area contributed by atoms with Crippen molar-refractivity contribution in [1.82, 2.24) is 9.21 Å². The standard InChI is InChI=1S/C22H26N2O6S2/c1-30-18-7-11-19(12-8-18)31(26,27)21-15-23(16-21)22(25)17-5-9-20(10-6-17)32(28,29)24-13-3-2-4-14-24/h5-12,21H,2-4,13-16H2,1H3. The smallest absolute Gasteiger partial charge is 0.253 e. The Morgan fingerprint density at radius 1 is 0.844 bits per heavy atom. The minimum atomic E-state index is -3.56. The van der Waals surface area contributed by atoms with Gasteiger partial charge < -0.3 is 9.64 Å². The molecule has 2 aliphatic heterocycles. The molecule has 0 aromatic heterocycles. The fourth-order valence-electron chi connectivity index (χ4n) is 3.96. The topological polar surface area (TPSA) is 101 Å². The van der Waals surface area contributed by atoms with Crippen LogP contribution in [0.25, 0.3) is 0 Å². The molecule has 1 amide bonds. The summed E-state index contributed by atoms with van der Waals surface area (Å²) in [7, 11) is -5.60. The number of amides is 1. The van der Waals surface area contributed by atoms with Gasteiger partial charge in [-0.05, 0) is 61.4 Å². The van der Waals surface area contributed by atoms with E-state index in [-0.39, 0.29) is 28.8 Å². The third-order valence-corrected chi connectivity index (χ3v) is 10.0. The van der Waals surface area contributed by atoms with Crippen LogP contribution in [0.2, 0.25) is 0 Å². The van der Waals surface area contributed by atoms with Crippen LogP contribution >= 0.6 is 0 Å². The Morgan fingerprint density at radius 2 is 1.41 bits per heavy atom. The van der Waals surface area contributed by atoms with Crippen molar-refractivity contribution in [3.8, 4) is 5.75 Å². The Labute approximate surface area is 188 Å². The van der Waals surface area contributed by atoms with Crippen LogP contribution in [0.1, 0.15) is 29.6 Å². The van der Waals surface area contributed by atoms with Gasteiger partial charge in [0.1, 0.15) is 11.0 Å². The molecule has 2 saturated heterocycles. The van der Waals surface area contributed by atoms with Crippen LogP contribution in [0.5, 0.6) is 5.75 Å². The summed E-state index contributed by atoms with van der Waals surface area (Å²) < 4.78 is 57.6. The number of piperidine rings is 1. The van der Waals surface area contributed by atoms with E-state index >= 15 is 0 Å². The summed E-state index contributed by atoms with van der Waals surface area (Å²) in [6, 6.07) is 12.1. The molecular formula is C22H26N2O6S2. The molecule has 4 rings (SSSR count). The first-order chi connectivity index (χ1) is 15.2. The van der Waals surface area contributed by atoms with Crippen LogP contribution in [-0.4, -0.2) is 70.5 Å². The van der Waals surface area contributed by atoms with Gasteiger partial charge in [0.15, 0.2) is 9.84 Å². The number of ether oxygens (including phenoxy) is 1. The highest BCUT2D eigenvalue weighted by Crippen LogP contribution is 2.27. The van der Waals surface area contributed by atoms with E-state index in [1.54, 1.807) is 12.1 Å². The third kappa shape index (κ3) is 4.26. The number of methoxy groups -OCH3 is 1. The van der Waals surface area contributed by atoms with Crippen molar-refractivity contribution in [3.63, 3.8) is 0 Å². The molecule has 2 fully saturated rings. The van der Waals surface area contributed by atoms with Crippen LogP contribution < -0.4 is 4.74 Å². The molecule has 2 aromatic rings. The second kappa shape index (κ2) is 8.84. The van der Waals surface area contributed by atoms with E-state index < -0.39 is 25.1 Å². The molecule has 172 valence electrons. The third-order valence-electron chi connectivity index (χ3n) is 6.02. The molecule has 0 unspecified atom stereocenters. The van der Waals surface area contributed by atoms with Crippen molar-refractivity contribution < 1.29 is 26.4 Å². The van der Waals surface area contributed by atoms with Gasteiger partial charge in [-0.1, -0.05) is 6.42 Å². The lowest BCUT2D eigenvalue weighted by molar-refractivity contribution is 0.0658. The molecule has 8 nitrogen and oxygen atoms in total. The Hall–Kier alpha value is -2.43. The second-order valence-corrected chi connectivity index (χ2v) is 12.2. The minimum Gasteiger partial charge on any atom is -0.497 e. The summed E-state index contributed by atoms with van der Waals surface area (Å²) in [6.07, 6.45) is 2.74. The highest BCUT2D eigenvalue weighted by atomic mass is 32.2. The molecule has 32 heavy (non-hydrogen) atoms. The van der Waals surface area contributed by atoms with Crippen molar-refractivity contribution in [3.05, 3.63) is 54.1 Å². The van der Waals surface area contributed by atoms with Crippen molar-refractivity contribution in [1.29, 1.82) is 0 Å². The molecule has 2 aliphatic rings. The first-order valence-electron chi connectivity index (χ1n) is 10.5. The van der Waals surface area contributed by atoms with Crippen LogP contribution in [0.4, 0.5) is 0 Å². The Morgan fingerprint density at radius 3 is 1.97 bits per heavy atom. The van der Waals surface area contributed by atoms with Crippen LogP contribution in [0.3, 0.4) is 0 Å². The van der Waals surface area contributed by atoms with Crippen LogP contribution in [-0.2, 0) is 19.9 Å². The molecule has 10 heteroatoms. The maximum absolute atomic E-state index is 12.8. The van der Waals surface area contributed by atoms with Gasteiger partial charge >= 0.3 is 0 Å². The normalized spacial score (nSPS) is 18.2. The summed E-state index contributed by atoms with van der Waals surface area (Å²) >= 11 is 0. The Bertz CT molecular complexity index is 1180. The highest BCUT2D eigenvalue weighted by Gasteiger charge is 2.40. The predicted molar refractivity (Wildman–Crippen MR) is 119 cm³/mol. The van der Waals surface area contributed by atoms with Crippen LogP contribution in [0.15, 0.2) is 58.3 Å². The molecule has 2 heterocycles. The molecule has 0 aliphatic carbocycles. The van der Waals surface area contributed by atoms with Gasteiger partial charge in [0, 0.05) is 31.7 Å². The van der Waals surface area contributed by atoms with Gasteiger partial charge in [-0.3, -0.25) is 4.79 Å². The molecular weight excluding hydrogens is 452 g/mol. The number of likely N-dealkylation sites (tertiary alicyclic amines) is 1. The van der Waals surface area contributed by atoms with Gasteiger partial charge in [0.05, 0.1) is 16.9 Å². The van der Waals surface area contributed by atoms with Gasteiger partial charge in [-0.2, -0.15) is 4.31 Å².